The number of hydrogen-bond donors (Lipinski definition) is 2. The summed E-state index contributed by atoms with van der Waals surface area (Å²) in [6.07, 6.45) is 2.50. The highest BCUT2D eigenvalue weighted by atomic mass is 19.1. The molecule has 0 radical (unpaired) electrons. The van der Waals surface area contributed by atoms with Gasteiger partial charge >= 0.3 is 0 Å². The van der Waals surface area contributed by atoms with Crippen molar-refractivity contribution in [2.24, 2.45) is 0 Å². The molecule has 3 unspecified atom stereocenters. The Morgan fingerprint density at radius 3 is 2.33 bits per heavy atom. The van der Waals surface area contributed by atoms with Crippen molar-refractivity contribution in [1.82, 2.24) is 20.4 Å². The second-order valence-electron chi connectivity index (χ2n) is 10.6. The number of rotatable bonds is 10. The van der Waals surface area contributed by atoms with E-state index in [1.165, 1.54) is 19.1 Å². The molecule has 7 nitrogen and oxygen atoms in total. The van der Waals surface area contributed by atoms with Gasteiger partial charge < -0.3 is 15.5 Å². The Hall–Kier alpha value is -3.78. The van der Waals surface area contributed by atoms with Crippen molar-refractivity contribution < 1.29 is 18.8 Å². The molecule has 0 bridgehead atoms. The summed E-state index contributed by atoms with van der Waals surface area (Å²) in [7, 11) is 1.66. The molecule has 212 valence electrons. The molecule has 2 N–H and O–H groups in total. The number of nitrogens with one attached hydrogen (secondary N) is 2. The van der Waals surface area contributed by atoms with E-state index in [1.54, 1.807) is 19.2 Å². The summed E-state index contributed by atoms with van der Waals surface area (Å²) < 4.78 is 13.4. The van der Waals surface area contributed by atoms with Crippen molar-refractivity contribution in [3.8, 4) is 0 Å². The molecule has 4 rings (SSSR count). The molecule has 3 aromatic rings. The molecule has 0 aliphatic carbocycles. The number of benzene rings is 3. The van der Waals surface area contributed by atoms with E-state index in [9.17, 15) is 18.8 Å². The van der Waals surface area contributed by atoms with Crippen LogP contribution in [0.4, 0.5) is 4.39 Å². The molecular formula is C32H39FN4O3. The number of carbonyl (C=O) groups is 3. The van der Waals surface area contributed by atoms with Crippen molar-refractivity contribution in [2.45, 2.75) is 57.7 Å². The smallest absolute Gasteiger partial charge is 0.245 e. The van der Waals surface area contributed by atoms with Crippen LogP contribution in [0.15, 0.2) is 66.7 Å². The predicted molar refractivity (Wildman–Crippen MR) is 155 cm³/mol. The Kier molecular flexibility index (Phi) is 9.88. The fourth-order valence-electron chi connectivity index (χ4n) is 5.68. The standard InChI is InChI=1S/C32H39FN4O3/c1-4-7-28-21-36(30(31(39)34-3)20-24-10-13-25-8-5-6-9-26(25)18-24)16-17-37(28)32(40)29(35-22(2)38)19-23-11-14-27(33)15-12-23/h5-6,8-15,18,28-30H,4,7,16-17,19-21H2,1-3H3,(H,34,39)(H,35,38). The number of piperazine rings is 1. The predicted octanol–water partition coefficient (Wildman–Crippen LogP) is 3.70. The monoisotopic (exact) mass is 546 g/mol. The van der Waals surface area contributed by atoms with Gasteiger partial charge in [0.25, 0.3) is 0 Å². The zero-order valence-electron chi connectivity index (χ0n) is 23.5. The molecule has 0 aromatic heterocycles. The van der Waals surface area contributed by atoms with Crippen molar-refractivity contribution in [1.29, 1.82) is 0 Å². The maximum atomic E-state index is 13.8. The third kappa shape index (κ3) is 7.24. The summed E-state index contributed by atoms with van der Waals surface area (Å²) in [4.78, 5) is 43.0. The first-order valence-electron chi connectivity index (χ1n) is 14.0. The Labute approximate surface area is 235 Å². The molecule has 0 saturated carbocycles. The van der Waals surface area contributed by atoms with Gasteiger partial charge in [-0.2, -0.15) is 0 Å². The van der Waals surface area contributed by atoms with E-state index in [-0.39, 0.29) is 42.0 Å². The number of hydrogen-bond acceptors (Lipinski definition) is 4. The van der Waals surface area contributed by atoms with Crippen LogP contribution in [0.2, 0.25) is 0 Å². The first-order chi connectivity index (χ1) is 19.3. The molecular weight excluding hydrogens is 507 g/mol. The third-order valence-corrected chi connectivity index (χ3v) is 7.68. The largest absolute Gasteiger partial charge is 0.358 e. The van der Waals surface area contributed by atoms with E-state index in [0.717, 1.165) is 34.7 Å². The van der Waals surface area contributed by atoms with Crippen LogP contribution in [0.25, 0.3) is 10.8 Å². The van der Waals surface area contributed by atoms with Crippen LogP contribution in [-0.4, -0.2) is 72.3 Å². The molecule has 1 saturated heterocycles. The normalized spacial score (nSPS) is 17.3. The molecule has 3 amide bonds. The Balaban J connectivity index is 1.52. The number of nitrogens with zero attached hydrogens (tertiary/aromatic N) is 2. The summed E-state index contributed by atoms with van der Waals surface area (Å²) in [6, 6.07) is 19.3. The first-order valence-corrected chi connectivity index (χ1v) is 14.0. The van der Waals surface area contributed by atoms with Gasteiger partial charge in [0.15, 0.2) is 0 Å². The van der Waals surface area contributed by atoms with Gasteiger partial charge in [-0.3, -0.25) is 19.3 Å². The lowest BCUT2D eigenvalue weighted by atomic mass is 9.97. The highest BCUT2D eigenvalue weighted by molar-refractivity contribution is 5.88. The average molecular weight is 547 g/mol. The quantitative estimate of drug-likeness (QED) is 0.407. The topological polar surface area (TPSA) is 81.8 Å². The zero-order valence-corrected chi connectivity index (χ0v) is 23.5. The summed E-state index contributed by atoms with van der Waals surface area (Å²) in [6.45, 7) is 5.04. The zero-order chi connectivity index (χ0) is 28.6. The molecule has 1 heterocycles. The second kappa shape index (κ2) is 13.5. The third-order valence-electron chi connectivity index (χ3n) is 7.68. The molecule has 0 spiro atoms. The van der Waals surface area contributed by atoms with Crippen LogP contribution in [0.3, 0.4) is 0 Å². The number of halogens is 1. The number of amides is 3. The molecule has 8 heteroatoms. The van der Waals surface area contributed by atoms with Crippen LogP contribution < -0.4 is 10.6 Å². The van der Waals surface area contributed by atoms with Crippen molar-refractivity contribution in [3.05, 3.63) is 83.7 Å². The molecule has 1 fully saturated rings. The fraction of sp³-hybridized carbons (Fsp3) is 0.406. The lowest BCUT2D eigenvalue weighted by Gasteiger charge is -2.45. The lowest BCUT2D eigenvalue weighted by molar-refractivity contribution is -0.142. The van der Waals surface area contributed by atoms with Gasteiger partial charge in [0.1, 0.15) is 11.9 Å². The highest BCUT2D eigenvalue weighted by Crippen LogP contribution is 2.23. The van der Waals surface area contributed by atoms with Gasteiger partial charge in [0.2, 0.25) is 17.7 Å². The molecule has 1 aliphatic rings. The SMILES string of the molecule is CCCC1CN(C(Cc2ccc3ccccc3c2)C(=O)NC)CCN1C(=O)C(Cc1ccc(F)cc1)NC(C)=O. The minimum atomic E-state index is -0.749. The Morgan fingerprint density at radius 2 is 1.65 bits per heavy atom. The van der Waals surface area contributed by atoms with E-state index in [0.29, 0.717) is 26.1 Å². The van der Waals surface area contributed by atoms with Gasteiger partial charge in [-0.25, -0.2) is 4.39 Å². The Morgan fingerprint density at radius 1 is 0.950 bits per heavy atom. The Bertz CT molecular complexity index is 1330. The minimum Gasteiger partial charge on any atom is -0.358 e. The van der Waals surface area contributed by atoms with Crippen molar-refractivity contribution in [3.63, 3.8) is 0 Å². The van der Waals surface area contributed by atoms with Gasteiger partial charge in [0, 0.05) is 46.1 Å². The molecule has 1 aliphatic heterocycles. The van der Waals surface area contributed by atoms with Crippen molar-refractivity contribution in [2.75, 3.05) is 26.7 Å². The summed E-state index contributed by atoms with van der Waals surface area (Å²) in [5, 5.41) is 7.94. The van der Waals surface area contributed by atoms with Gasteiger partial charge in [-0.05, 0) is 46.9 Å². The van der Waals surface area contributed by atoms with E-state index in [4.69, 9.17) is 0 Å². The van der Waals surface area contributed by atoms with E-state index < -0.39 is 6.04 Å². The van der Waals surface area contributed by atoms with Crippen molar-refractivity contribution >= 4 is 28.5 Å². The first kappa shape index (κ1) is 29.2. The summed E-state index contributed by atoms with van der Waals surface area (Å²) in [5.74, 6) is -0.833. The van der Waals surface area contributed by atoms with Crippen LogP contribution in [0, 0.1) is 5.82 Å². The molecule has 40 heavy (non-hydrogen) atoms. The van der Waals surface area contributed by atoms with E-state index in [1.807, 2.05) is 17.0 Å². The molecule has 3 aromatic carbocycles. The lowest BCUT2D eigenvalue weighted by Crippen LogP contribution is -2.63. The highest BCUT2D eigenvalue weighted by Gasteiger charge is 2.37. The van der Waals surface area contributed by atoms with E-state index in [2.05, 4.69) is 52.8 Å². The van der Waals surface area contributed by atoms with Crippen LogP contribution in [-0.2, 0) is 27.2 Å². The number of fused-ring (bicyclic) bond motifs is 1. The van der Waals surface area contributed by atoms with Crippen LogP contribution in [0.5, 0.6) is 0 Å². The fourth-order valence-corrected chi connectivity index (χ4v) is 5.68. The van der Waals surface area contributed by atoms with Gasteiger partial charge in [-0.1, -0.05) is 67.9 Å². The summed E-state index contributed by atoms with van der Waals surface area (Å²) in [5.41, 5.74) is 1.86. The van der Waals surface area contributed by atoms with Crippen LogP contribution in [0.1, 0.15) is 37.8 Å². The number of likely N-dealkylation sites (N-methyl/N-ethyl adjacent to an activating group) is 1. The number of carbonyl (C=O) groups excluding carboxylic acids is 3. The maximum absolute atomic E-state index is 13.8. The average Bonchev–Trinajstić information content (AvgIpc) is 2.96. The van der Waals surface area contributed by atoms with E-state index >= 15 is 0 Å². The second-order valence-corrected chi connectivity index (χ2v) is 10.6. The van der Waals surface area contributed by atoms with Gasteiger partial charge in [0.05, 0.1) is 6.04 Å². The minimum absolute atomic E-state index is 0.0457. The van der Waals surface area contributed by atoms with Crippen LogP contribution >= 0.6 is 0 Å². The van der Waals surface area contributed by atoms with Gasteiger partial charge in [-0.15, -0.1) is 0 Å². The molecule has 3 atom stereocenters. The maximum Gasteiger partial charge on any atom is 0.245 e. The summed E-state index contributed by atoms with van der Waals surface area (Å²) >= 11 is 0.